The maximum absolute atomic E-state index is 13.2. The molecule has 10 nitrogen and oxygen atoms in total. The summed E-state index contributed by atoms with van der Waals surface area (Å²) >= 11 is 0. The van der Waals surface area contributed by atoms with Crippen LogP contribution in [0, 0.1) is 0 Å². The fourth-order valence-corrected chi connectivity index (χ4v) is 4.40. The minimum absolute atomic E-state index is 0.179. The lowest BCUT2D eigenvalue weighted by molar-refractivity contribution is 0.0341. The Bertz CT molecular complexity index is 1310. The number of rotatable bonds is 11. The number of morpholine rings is 1. The van der Waals surface area contributed by atoms with E-state index in [1.54, 1.807) is 0 Å². The minimum atomic E-state index is -0.326. The summed E-state index contributed by atoms with van der Waals surface area (Å²) in [6, 6.07) is 8.26. The number of aromatic amines is 1. The smallest absolute Gasteiger partial charge is 0.276 e. The van der Waals surface area contributed by atoms with Crippen molar-refractivity contribution in [1.82, 2.24) is 35.2 Å². The third-order valence-corrected chi connectivity index (χ3v) is 7.00. The number of amides is 1. The monoisotopic (exact) mass is 532 g/mol. The van der Waals surface area contributed by atoms with E-state index in [2.05, 4.69) is 69.3 Å². The highest BCUT2D eigenvalue weighted by atomic mass is 16.5. The van der Waals surface area contributed by atoms with E-state index in [1.165, 1.54) is 6.20 Å². The molecule has 0 bridgehead atoms. The number of hydrogen-bond donors (Lipinski definition) is 3. The first-order valence-electron chi connectivity index (χ1n) is 13.3. The average molecular weight is 533 g/mol. The standard InChI is InChI=1S/C29H40N8O2/c1-21(36(4)10-9-35(2)3)5-7-25(17-30)32-29(38)28-26-16-23(6-8-27(26)33-34-28)24-15-22(18-31-19-24)20-37-11-13-39-14-12-37/h5-8,15-19,21H,9-14,20,30H2,1-4H3,(H,32,38)(H,33,34)/b7-5-,25-17+. The van der Waals surface area contributed by atoms with Gasteiger partial charge in [-0.25, -0.2) is 0 Å². The summed E-state index contributed by atoms with van der Waals surface area (Å²) in [5, 5.41) is 10.9. The molecule has 1 aliphatic rings. The van der Waals surface area contributed by atoms with Crippen LogP contribution in [0.3, 0.4) is 0 Å². The normalized spacial score (nSPS) is 16.0. The number of fused-ring (bicyclic) bond motifs is 1. The number of nitrogens with one attached hydrogen (secondary N) is 2. The third kappa shape index (κ3) is 7.73. The zero-order valence-corrected chi connectivity index (χ0v) is 23.4. The van der Waals surface area contributed by atoms with E-state index in [-0.39, 0.29) is 11.9 Å². The van der Waals surface area contributed by atoms with Crippen LogP contribution in [0.2, 0.25) is 0 Å². The van der Waals surface area contributed by atoms with Gasteiger partial charge in [-0.1, -0.05) is 12.1 Å². The minimum Gasteiger partial charge on any atom is -0.403 e. The van der Waals surface area contributed by atoms with Crippen LogP contribution in [-0.2, 0) is 11.3 Å². The molecule has 3 heterocycles. The Hall–Kier alpha value is -3.57. The molecule has 0 radical (unpaired) electrons. The number of allylic oxidation sites excluding steroid dienone is 1. The van der Waals surface area contributed by atoms with Gasteiger partial charge in [-0.05, 0) is 63.5 Å². The molecule has 0 aliphatic carbocycles. The summed E-state index contributed by atoms with van der Waals surface area (Å²) in [6.45, 7) is 8.20. The Kier molecular flexibility index (Phi) is 9.83. The molecular weight excluding hydrogens is 492 g/mol. The first-order valence-corrected chi connectivity index (χ1v) is 13.3. The van der Waals surface area contributed by atoms with Gasteiger partial charge < -0.3 is 20.7 Å². The number of hydrogen-bond acceptors (Lipinski definition) is 8. The van der Waals surface area contributed by atoms with Gasteiger partial charge in [0, 0.05) is 68.3 Å². The zero-order chi connectivity index (χ0) is 27.8. The molecule has 1 saturated heterocycles. The van der Waals surface area contributed by atoms with Crippen molar-refractivity contribution < 1.29 is 9.53 Å². The van der Waals surface area contributed by atoms with Crippen molar-refractivity contribution >= 4 is 16.8 Å². The predicted molar refractivity (Wildman–Crippen MR) is 155 cm³/mol. The summed E-state index contributed by atoms with van der Waals surface area (Å²) in [7, 11) is 6.19. The van der Waals surface area contributed by atoms with E-state index in [0.29, 0.717) is 11.4 Å². The molecule has 4 N–H and O–H groups in total. The van der Waals surface area contributed by atoms with Gasteiger partial charge in [0.1, 0.15) is 0 Å². The van der Waals surface area contributed by atoms with Crippen LogP contribution < -0.4 is 11.1 Å². The number of nitrogens with two attached hydrogens (primary N) is 1. The first kappa shape index (κ1) is 28.4. The number of carbonyl (C=O) groups excluding carboxylic acids is 1. The summed E-state index contributed by atoms with van der Waals surface area (Å²) < 4.78 is 5.46. The highest BCUT2D eigenvalue weighted by Gasteiger charge is 2.17. The maximum Gasteiger partial charge on any atom is 0.276 e. The van der Waals surface area contributed by atoms with Crippen molar-refractivity contribution in [3.63, 3.8) is 0 Å². The number of carbonyl (C=O) groups is 1. The number of pyridine rings is 1. The summed E-state index contributed by atoms with van der Waals surface area (Å²) in [5.74, 6) is -0.326. The van der Waals surface area contributed by atoms with Gasteiger partial charge in [0.05, 0.1) is 24.4 Å². The second kappa shape index (κ2) is 13.5. The SMILES string of the molecule is CC(/C=C\C(=C/N)NC(=O)c1n[nH]c2ccc(-c3cncc(CN4CCOCC4)c3)cc12)N(C)CCN(C)C. The fourth-order valence-electron chi connectivity index (χ4n) is 4.40. The molecule has 1 aromatic carbocycles. The van der Waals surface area contributed by atoms with Crippen LogP contribution in [0.5, 0.6) is 0 Å². The molecule has 1 fully saturated rings. The molecule has 0 saturated carbocycles. The molecule has 3 aromatic rings. The van der Waals surface area contributed by atoms with Gasteiger partial charge in [-0.15, -0.1) is 0 Å². The van der Waals surface area contributed by atoms with Crippen molar-refractivity contribution in [1.29, 1.82) is 0 Å². The van der Waals surface area contributed by atoms with Crippen LogP contribution in [0.15, 0.2) is 60.7 Å². The lowest BCUT2D eigenvalue weighted by Gasteiger charge is -2.26. The van der Waals surface area contributed by atoms with Crippen LogP contribution in [0.1, 0.15) is 23.0 Å². The van der Waals surface area contributed by atoms with Crippen molar-refractivity contribution in [2.75, 3.05) is 60.5 Å². The number of nitrogens with zero attached hydrogens (tertiary/aromatic N) is 5. The Morgan fingerprint density at radius 3 is 2.72 bits per heavy atom. The summed E-state index contributed by atoms with van der Waals surface area (Å²) in [4.78, 5) is 24.4. The molecule has 1 amide bonds. The van der Waals surface area contributed by atoms with E-state index >= 15 is 0 Å². The molecule has 39 heavy (non-hydrogen) atoms. The van der Waals surface area contributed by atoms with Gasteiger partial charge in [-0.2, -0.15) is 5.10 Å². The molecular formula is C29H40N8O2. The predicted octanol–water partition coefficient (Wildman–Crippen LogP) is 2.43. The lowest BCUT2D eigenvalue weighted by Crippen LogP contribution is -2.35. The van der Waals surface area contributed by atoms with Crippen molar-refractivity contribution in [3.05, 3.63) is 72.0 Å². The summed E-state index contributed by atoms with van der Waals surface area (Å²) in [6.07, 6.45) is 9.00. The van der Waals surface area contributed by atoms with Crippen LogP contribution in [0.4, 0.5) is 0 Å². The lowest BCUT2D eigenvalue weighted by atomic mass is 10.0. The average Bonchev–Trinajstić information content (AvgIpc) is 3.38. The summed E-state index contributed by atoms with van der Waals surface area (Å²) in [5.41, 5.74) is 10.6. The molecule has 1 aliphatic heterocycles. The quantitative estimate of drug-likeness (QED) is 0.323. The molecule has 1 atom stereocenters. The Balaban J connectivity index is 1.46. The molecule has 2 aromatic heterocycles. The van der Waals surface area contributed by atoms with E-state index in [4.69, 9.17) is 10.5 Å². The Labute approximate surface area is 230 Å². The van der Waals surface area contributed by atoms with Gasteiger partial charge >= 0.3 is 0 Å². The van der Waals surface area contributed by atoms with Crippen molar-refractivity contribution in [2.24, 2.45) is 5.73 Å². The Morgan fingerprint density at radius 2 is 1.97 bits per heavy atom. The molecule has 208 valence electrons. The van der Waals surface area contributed by atoms with Gasteiger partial charge in [0.2, 0.25) is 0 Å². The molecule has 0 spiro atoms. The fraction of sp³-hybridized carbons (Fsp3) is 0.414. The van der Waals surface area contributed by atoms with Crippen LogP contribution in [0.25, 0.3) is 22.0 Å². The second-order valence-corrected chi connectivity index (χ2v) is 10.3. The Morgan fingerprint density at radius 1 is 1.18 bits per heavy atom. The van der Waals surface area contributed by atoms with Crippen molar-refractivity contribution in [3.8, 4) is 11.1 Å². The topological polar surface area (TPSA) is 116 Å². The maximum atomic E-state index is 13.2. The number of aromatic nitrogens is 3. The number of benzene rings is 1. The third-order valence-electron chi connectivity index (χ3n) is 7.00. The van der Waals surface area contributed by atoms with Crippen LogP contribution >= 0.6 is 0 Å². The molecule has 10 heteroatoms. The first-order chi connectivity index (χ1) is 18.8. The van der Waals surface area contributed by atoms with E-state index in [1.807, 2.05) is 42.7 Å². The molecule has 1 unspecified atom stereocenters. The number of likely N-dealkylation sites (N-methyl/N-ethyl adjacent to an activating group) is 2. The second-order valence-electron chi connectivity index (χ2n) is 10.3. The number of H-pyrrole nitrogens is 1. The largest absolute Gasteiger partial charge is 0.403 e. The molecule has 4 rings (SSSR count). The highest BCUT2D eigenvalue weighted by Crippen LogP contribution is 2.26. The van der Waals surface area contributed by atoms with Gasteiger partial charge in [0.25, 0.3) is 5.91 Å². The van der Waals surface area contributed by atoms with E-state index < -0.39 is 0 Å². The van der Waals surface area contributed by atoms with Gasteiger partial charge in [0.15, 0.2) is 5.69 Å². The van der Waals surface area contributed by atoms with E-state index in [0.717, 1.165) is 73.5 Å². The number of ether oxygens (including phenoxy) is 1. The van der Waals surface area contributed by atoms with Crippen LogP contribution in [-0.4, -0.2) is 102 Å². The van der Waals surface area contributed by atoms with Crippen molar-refractivity contribution in [2.45, 2.75) is 19.5 Å². The zero-order valence-electron chi connectivity index (χ0n) is 23.4. The highest BCUT2D eigenvalue weighted by molar-refractivity contribution is 6.06. The van der Waals surface area contributed by atoms with E-state index in [9.17, 15) is 4.79 Å². The van der Waals surface area contributed by atoms with Gasteiger partial charge in [-0.3, -0.25) is 24.7 Å².